The largest absolute Gasteiger partial charge is 0.0619 e. The third-order valence-corrected chi connectivity index (χ3v) is 12.2. The Balaban J connectivity index is 1.07. The highest BCUT2D eigenvalue weighted by molar-refractivity contribution is 6.21. The van der Waals surface area contributed by atoms with Gasteiger partial charge in [-0.1, -0.05) is 190 Å². The molecule has 0 amide bonds. The summed E-state index contributed by atoms with van der Waals surface area (Å²) in [4.78, 5) is 0. The predicted molar refractivity (Wildman–Crippen MR) is 236 cm³/mol. The van der Waals surface area contributed by atoms with E-state index >= 15 is 0 Å². The zero-order chi connectivity index (χ0) is 36.7. The van der Waals surface area contributed by atoms with Crippen LogP contribution in [0.15, 0.2) is 194 Å². The predicted octanol–water partition coefficient (Wildman–Crippen LogP) is 15.3. The first-order valence-electron chi connectivity index (χ1n) is 19.3. The van der Waals surface area contributed by atoms with Gasteiger partial charge in [-0.05, 0) is 128 Å². The Morgan fingerprint density at radius 1 is 0.273 bits per heavy atom. The smallest absolute Gasteiger partial charge is 0.0159 e. The topological polar surface area (TPSA) is 0 Å². The average Bonchev–Trinajstić information content (AvgIpc) is 3.48. The third kappa shape index (κ3) is 4.85. The molecule has 0 heteroatoms. The Kier molecular flexibility index (Phi) is 7.00. The van der Waals surface area contributed by atoms with Crippen LogP contribution in [0.2, 0.25) is 0 Å². The zero-order valence-corrected chi connectivity index (χ0v) is 31.0. The SMILES string of the molecule is CC1(C)c2ccccc2-c2c1cc(-c1ccc(-c3c4ccccc4c(-c4cccc(-c5ccc6ccccc6c5)c4)c4ccccc34)cc1)c1ccccc21. The van der Waals surface area contributed by atoms with Crippen molar-refractivity contribution in [2.75, 3.05) is 0 Å². The lowest BCUT2D eigenvalue weighted by Crippen LogP contribution is -2.15. The van der Waals surface area contributed by atoms with Crippen molar-refractivity contribution in [1.29, 1.82) is 0 Å². The fourth-order valence-electron chi connectivity index (χ4n) is 9.58. The van der Waals surface area contributed by atoms with Crippen LogP contribution < -0.4 is 0 Å². The summed E-state index contributed by atoms with van der Waals surface area (Å²) < 4.78 is 0. The normalized spacial score (nSPS) is 13.1. The molecule has 258 valence electrons. The van der Waals surface area contributed by atoms with Gasteiger partial charge in [-0.15, -0.1) is 0 Å². The van der Waals surface area contributed by atoms with Crippen molar-refractivity contribution in [3.63, 3.8) is 0 Å². The maximum absolute atomic E-state index is 2.47. The molecule has 0 spiro atoms. The number of hydrogen-bond donors (Lipinski definition) is 0. The van der Waals surface area contributed by atoms with E-state index in [9.17, 15) is 0 Å². The van der Waals surface area contributed by atoms with Gasteiger partial charge in [0.1, 0.15) is 0 Å². The Labute approximate surface area is 322 Å². The average molecular weight is 699 g/mol. The van der Waals surface area contributed by atoms with Gasteiger partial charge in [0.15, 0.2) is 0 Å². The second kappa shape index (κ2) is 12.1. The van der Waals surface area contributed by atoms with Crippen LogP contribution in [0.25, 0.3) is 98.7 Å². The molecule has 10 aromatic carbocycles. The van der Waals surface area contributed by atoms with Crippen LogP contribution in [0, 0.1) is 0 Å². The summed E-state index contributed by atoms with van der Waals surface area (Å²) in [5, 5.41) is 10.2. The van der Waals surface area contributed by atoms with Crippen LogP contribution in [-0.4, -0.2) is 0 Å². The van der Waals surface area contributed by atoms with Gasteiger partial charge in [0.25, 0.3) is 0 Å². The van der Waals surface area contributed by atoms with E-state index in [0.29, 0.717) is 0 Å². The Bertz CT molecular complexity index is 3100. The van der Waals surface area contributed by atoms with Gasteiger partial charge < -0.3 is 0 Å². The lowest BCUT2D eigenvalue weighted by atomic mass is 9.80. The first-order chi connectivity index (χ1) is 27.0. The van der Waals surface area contributed by atoms with Crippen LogP contribution in [0.1, 0.15) is 25.0 Å². The van der Waals surface area contributed by atoms with E-state index in [1.165, 1.54) is 110 Å². The van der Waals surface area contributed by atoms with Crippen molar-refractivity contribution in [2.45, 2.75) is 19.3 Å². The molecule has 0 nitrogen and oxygen atoms in total. The summed E-state index contributed by atoms with van der Waals surface area (Å²) in [6.45, 7) is 4.75. The highest BCUT2D eigenvalue weighted by Crippen LogP contribution is 2.53. The van der Waals surface area contributed by atoms with Gasteiger partial charge in [0.05, 0.1) is 0 Å². The molecule has 0 atom stereocenters. The maximum Gasteiger partial charge on any atom is 0.0159 e. The minimum absolute atomic E-state index is 0.0702. The molecule has 10 aromatic rings. The monoisotopic (exact) mass is 698 g/mol. The molecule has 0 aliphatic heterocycles. The Hall–Kier alpha value is -6.76. The van der Waals surface area contributed by atoms with Crippen molar-refractivity contribution in [3.8, 4) is 55.6 Å². The standard InChI is InChI=1S/C55H38/c1-55(2)50-25-12-11-24-48(50)54-43-19-6-5-18-42(43)49(34-51(54)55)36-27-29-37(30-28-36)52-44-20-7-9-22-46(44)53(47-23-10-8-21-45(47)52)41-17-13-16-39(33-41)40-31-26-35-14-3-4-15-38(35)32-40/h3-34H,1-2H3. The van der Waals surface area contributed by atoms with Crippen LogP contribution in [0.3, 0.4) is 0 Å². The summed E-state index contributed by atoms with van der Waals surface area (Å²) in [6.07, 6.45) is 0. The second-order valence-electron chi connectivity index (χ2n) is 15.6. The van der Waals surface area contributed by atoms with E-state index in [1.807, 2.05) is 0 Å². The van der Waals surface area contributed by atoms with Crippen LogP contribution in [-0.2, 0) is 5.41 Å². The van der Waals surface area contributed by atoms with E-state index in [-0.39, 0.29) is 5.41 Å². The van der Waals surface area contributed by atoms with E-state index in [1.54, 1.807) is 0 Å². The molecule has 55 heavy (non-hydrogen) atoms. The number of hydrogen-bond acceptors (Lipinski definition) is 0. The van der Waals surface area contributed by atoms with Crippen molar-refractivity contribution < 1.29 is 0 Å². The number of rotatable bonds is 4. The number of benzene rings is 10. The van der Waals surface area contributed by atoms with Gasteiger partial charge >= 0.3 is 0 Å². The van der Waals surface area contributed by atoms with E-state index in [2.05, 4.69) is 208 Å². The Morgan fingerprint density at radius 2 is 0.764 bits per heavy atom. The lowest BCUT2D eigenvalue weighted by Gasteiger charge is -2.23. The molecule has 0 N–H and O–H groups in total. The molecular formula is C55H38. The molecule has 1 aliphatic carbocycles. The van der Waals surface area contributed by atoms with Crippen LogP contribution in [0.4, 0.5) is 0 Å². The minimum atomic E-state index is -0.0702. The second-order valence-corrected chi connectivity index (χ2v) is 15.6. The fourth-order valence-corrected chi connectivity index (χ4v) is 9.58. The molecule has 0 bridgehead atoms. The summed E-state index contributed by atoms with van der Waals surface area (Å²) >= 11 is 0. The first kappa shape index (κ1) is 31.7. The van der Waals surface area contributed by atoms with Crippen molar-refractivity contribution >= 4 is 43.1 Å². The van der Waals surface area contributed by atoms with E-state index in [4.69, 9.17) is 0 Å². The summed E-state index contributed by atoms with van der Waals surface area (Å²) in [6, 6.07) is 72.1. The van der Waals surface area contributed by atoms with Crippen LogP contribution >= 0.6 is 0 Å². The van der Waals surface area contributed by atoms with Crippen LogP contribution in [0.5, 0.6) is 0 Å². The van der Waals surface area contributed by atoms with Crippen molar-refractivity contribution in [2.24, 2.45) is 0 Å². The summed E-state index contributed by atoms with van der Waals surface area (Å²) in [7, 11) is 0. The lowest BCUT2D eigenvalue weighted by molar-refractivity contribution is 0.661. The fraction of sp³-hybridized carbons (Fsp3) is 0.0545. The highest BCUT2D eigenvalue weighted by Gasteiger charge is 2.37. The van der Waals surface area contributed by atoms with Crippen molar-refractivity contribution in [3.05, 3.63) is 205 Å². The summed E-state index contributed by atoms with van der Waals surface area (Å²) in [5.41, 5.74) is 15.5. The molecule has 0 heterocycles. The first-order valence-corrected chi connectivity index (χ1v) is 19.3. The Morgan fingerprint density at radius 3 is 1.45 bits per heavy atom. The molecule has 0 saturated heterocycles. The molecule has 0 fully saturated rings. The van der Waals surface area contributed by atoms with Gasteiger partial charge in [-0.25, -0.2) is 0 Å². The van der Waals surface area contributed by atoms with Gasteiger partial charge in [0.2, 0.25) is 0 Å². The summed E-state index contributed by atoms with van der Waals surface area (Å²) in [5.74, 6) is 0. The van der Waals surface area contributed by atoms with E-state index < -0.39 is 0 Å². The van der Waals surface area contributed by atoms with Crippen molar-refractivity contribution in [1.82, 2.24) is 0 Å². The molecule has 0 unspecified atom stereocenters. The molecule has 0 aromatic heterocycles. The molecule has 0 saturated carbocycles. The van der Waals surface area contributed by atoms with Gasteiger partial charge in [-0.3, -0.25) is 0 Å². The molecule has 1 aliphatic rings. The highest BCUT2D eigenvalue weighted by atomic mass is 14.4. The zero-order valence-electron chi connectivity index (χ0n) is 31.0. The third-order valence-electron chi connectivity index (χ3n) is 12.2. The molecular weight excluding hydrogens is 661 g/mol. The van der Waals surface area contributed by atoms with Gasteiger partial charge in [0, 0.05) is 5.41 Å². The molecule has 11 rings (SSSR count). The van der Waals surface area contributed by atoms with Gasteiger partial charge in [-0.2, -0.15) is 0 Å². The quantitative estimate of drug-likeness (QED) is 0.161. The molecule has 0 radical (unpaired) electrons. The minimum Gasteiger partial charge on any atom is -0.0619 e. The van der Waals surface area contributed by atoms with E-state index in [0.717, 1.165) is 0 Å². The maximum atomic E-state index is 2.47. The number of fused-ring (bicyclic) bond motifs is 8.